The maximum atomic E-state index is 12.7. The molecule has 2 saturated heterocycles. The zero-order valence-corrected chi connectivity index (χ0v) is 15.3. The highest BCUT2D eigenvalue weighted by Crippen LogP contribution is 2.36. The summed E-state index contributed by atoms with van der Waals surface area (Å²) in [4.78, 5) is 28.5. The lowest BCUT2D eigenvalue weighted by molar-refractivity contribution is -0.118. The Balaban J connectivity index is 1.43. The number of carbonyl (C=O) groups excluding carboxylic acids is 2. The molecule has 1 atom stereocenters. The molecule has 0 aliphatic carbocycles. The number of nitrogens with zero attached hydrogens (tertiary/aromatic N) is 2. The van der Waals surface area contributed by atoms with E-state index in [0.717, 1.165) is 39.0 Å². The van der Waals surface area contributed by atoms with Gasteiger partial charge in [-0.1, -0.05) is 11.6 Å². The summed E-state index contributed by atoms with van der Waals surface area (Å²) >= 11 is 6.28. The van der Waals surface area contributed by atoms with Crippen LogP contribution in [0.5, 0.6) is 5.75 Å². The maximum Gasteiger partial charge on any atom is 0.321 e. The fourth-order valence-electron chi connectivity index (χ4n) is 3.93. The molecule has 2 N–H and O–H groups in total. The largest absolute Gasteiger partial charge is 0.482 e. The number of piperidine rings is 1. The number of nitrogens with one attached hydrogen (secondary N) is 2. The van der Waals surface area contributed by atoms with Crippen molar-refractivity contribution in [2.45, 2.75) is 31.7 Å². The SMILES string of the molecule is O=C1COc2cc(NC(=O)N3CCCC(N4CCCC4)C3)c(Cl)cc2N1. The van der Waals surface area contributed by atoms with Gasteiger partial charge in [-0.05, 0) is 44.8 Å². The summed E-state index contributed by atoms with van der Waals surface area (Å²) < 4.78 is 5.40. The number of ether oxygens (including phenoxy) is 1. The summed E-state index contributed by atoms with van der Waals surface area (Å²) in [6, 6.07) is 3.58. The van der Waals surface area contributed by atoms with Gasteiger partial charge >= 0.3 is 6.03 Å². The van der Waals surface area contributed by atoms with Gasteiger partial charge in [0.15, 0.2) is 6.61 Å². The van der Waals surface area contributed by atoms with E-state index in [2.05, 4.69) is 15.5 Å². The zero-order chi connectivity index (χ0) is 18.1. The van der Waals surface area contributed by atoms with Crippen LogP contribution in [0.2, 0.25) is 5.02 Å². The average Bonchev–Trinajstić information content (AvgIpc) is 3.17. The van der Waals surface area contributed by atoms with Gasteiger partial charge in [-0.25, -0.2) is 4.79 Å². The minimum absolute atomic E-state index is 0.0361. The number of amides is 3. The lowest BCUT2D eigenvalue weighted by atomic mass is 10.0. The molecule has 1 aromatic carbocycles. The zero-order valence-electron chi connectivity index (χ0n) is 14.6. The third-order valence-electron chi connectivity index (χ3n) is 5.28. The highest BCUT2D eigenvalue weighted by molar-refractivity contribution is 6.34. The number of hydrogen-bond donors (Lipinski definition) is 2. The summed E-state index contributed by atoms with van der Waals surface area (Å²) in [6.07, 6.45) is 4.67. The Morgan fingerprint density at radius 1 is 1.23 bits per heavy atom. The highest BCUT2D eigenvalue weighted by atomic mass is 35.5. The van der Waals surface area contributed by atoms with Crippen molar-refractivity contribution in [1.29, 1.82) is 0 Å². The minimum Gasteiger partial charge on any atom is -0.482 e. The molecule has 26 heavy (non-hydrogen) atoms. The van der Waals surface area contributed by atoms with E-state index in [-0.39, 0.29) is 18.5 Å². The Labute approximate surface area is 157 Å². The Morgan fingerprint density at radius 3 is 2.85 bits per heavy atom. The van der Waals surface area contributed by atoms with Gasteiger partial charge in [0.1, 0.15) is 5.75 Å². The molecule has 1 unspecified atom stereocenters. The number of halogens is 1. The molecule has 0 saturated carbocycles. The molecular weight excluding hydrogens is 356 g/mol. The van der Waals surface area contributed by atoms with E-state index in [1.807, 2.05) is 4.90 Å². The smallest absolute Gasteiger partial charge is 0.321 e. The van der Waals surface area contributed by atoms with Crippen molar-refractivity contribution in [2.75, 3.05) is 43.4 Å². The number of urea groups is 1. The van der Waals surface area contributed by atoms with Crippen LogP contribution in [-0.2, 0) is 4.79 Å². The van der Waals surface area contributed by atoms with Crippen molar-refractivity contribution < 1.29 is 14.3 Å². The summed E-state index contributed by atoms with van der Waals surface area (Å²) in [5, 5.41) is 5.97. The van der Waals surface area contributed by atoms with E-state index in [4.69, 9.17) is 16.3 Å². The number of carbonyl (C=O) groups is 2. The van der Waals surface area contributed by atoms with Crippen molar-refractivity contribution in [2.24, 2.45) is 0 Å². The lowest BCUT2D eigenvalue weighted by Gasteiger charge is -2.37. The van der Waals surface area contributed by atoms with Crippen molar-refractivity contribution in [3.05, 3.63) is 17.2 Å². The predicted molar refractivity (Wildman–Crippen MR) is 100.0 cm³/mol. The van der Waals surface area contributed by atoms with E-state index in [9.17, 15) is 9.59 Å². The summed E-state index contributed by atoms with van der Waals surface area (Å²) in [6.45, 7) is 3.75. The number of hydrogen-bond acceptors (Lipinski definition) is 4. The molecule has 4 rings (SSSR count). The van der Waals surface area contributed by atoms with Crippen LogP contribution in [0.25, 0.3) is 0 Å². The first-order valence-electron chi connectivity index (χ1n) is 9.16. The summed E-state index contributed by atoms with van der Waals surface area (Å²) in [5.41, 5.74) is 1.02. The van der Waals surface area contributed by atoms with Crippen LogP contribution in [0.1, 0.15) is 25.7 Å². The van der Waals surface area contributed by atoms with Gasteiger partial charge in [-0.3, -0.25) is 9.69 Å². The van der Waals surface area contributed by atoms with Gasteiger partial charge in [0.25, 0.3) is 5.91 Å². The van der Waals surface area contributed by atoms with E-state index in [1.165, 1.54) is 12.8 Å². The Hall–Kier alpha value is -1.99. The van der Waals surface area contributed by atoms with E-state index < -0.39 is 0 Å². The van der Waals surface area contributed by atoms with Crippen LogP contribution in [0, 0.1) is 0 Å². The average molecular weight is 379 g/mol. The van der Waals surface area contributed by atoms with Gasteiger partial charge in [0.05, 0.1) is 16.4 Å². The monoisotopic (exact) mass is 378 g/mol. The molecule has 1 aromatic rings. The lowest BCUT2D eigenvalue weighted by Crippen LogP contribution is -2.50. The molecule has 8 heteroatoms. The van der Waals surface area contributed by atoms with Crippen molar-refractivity contribution in [3.63, 3.8) is 0 Å². The third-order valence-corrected chi connectivity index (χ3v) is 5.60. The van der Waals surface area contributed by atoms with Gasteiger partial charge in [-0.15, -0.1) is 0 Å². The number of likely N-dealkylation sites (tertiary alicyclic amines) is 2. The molecule has 0 bridgehead atoms. The van der Waals surface area contributed by atoms with Gasteiger partial charge in [-0.2, -0.15) is 0 Å². The molecule has 0 spiro atoms. The standard InChI is InChI=1S/C18H23ClN4O3/c19-13-8-15-16(26-11-17(24)20-15)9-14(13)21-18(25)23-7-3-4-12(10-23)22-5-1-2-6-22/h8-9,12H,1-7,10-11H2,(H,20,24)(H,21,25). The van der Waals surface area contributed by atoms with Crippen LogP contribution in [0.15, 0.2) is 12.1 Å². The van der Waals surface area contributed by atoms with E-state index >= 15 is 0 Å². The molecule has 3 heterocycles. The van der Waals surface area contributed by atoms with Gasteiger partial charge in [0.2, 0.25) is 0 Å². The van der Waals surface area contributed by atoms with E-state index in [0.29, 0.717) is 28.2 Å². The predicted octanol–water partition coefficient (Wildman–Crippen LogP) is 2.76. The number of rotatable bonds is 2. The summed E-state index contributed by atoms with van der Waals surface area (Å²) in [7, 11) is 0. The molecular formula is C18H23ClN4O3. The van der Waals surface area contributed by atoms with Crippen molar-refractivity contribution in [3.8, 4) is 5.75 Å². The molecule has 0 aromatic heterocycles. The topological polar surface area (TPSA) is 73.9 Å². The normalized spacial score (nSPS) is 23.2. The molecule has 3 aliphatic rings. The first-order chi connectivity index (χ1) is 12.6. The number of benzene rings is 1. The van der Waals surface area contributed by atoms with Crippen LogP contribution in [0.3, 0.4) is 0 Å². The van der Waals surface area contributed by atoms with Gasteiger partial charge < -0.3 is 20.3 Å². The molecule has 0 radical (unpaired) electrons. The second-order valence-corrected chi connectivity index (χ2v) is 7.49. The quantitative estimate of drug-likeness (QED) is 0.829. The molecule has 7 nitrogen and oxygen atoms in total. The number of fused-ring (bicyclic) bond motifs is 1. The third kappa shape index (κ3) is 3.59. The fraction of sp³-hybridized carbons (Fsp3) is 0.556. The number of anilines is 2. The van der Waals surface area contributed by atoms with Gasteiger partial charge in [0, 0.05) is 25.2 Å². The molecule has 140 valence electrons. The first kappa shape index (κ1) is 17.4. The fourth-order valence-corrected chi connectivity index (χ4v) is 4.15. The van der Waals surface area contributed by atoms with Crippen LogP contribution >= 0.6 is 11.6 Å². The Bertz CT molecular complexity index is 721. The van der Waals surface area contributed by atoms with Crippen LogP contribution < -0.4 is 15.4 Å². The highest BCUT2D eigenvalue weighted by Gasteiger charge is 2.29. The van der Waals surface area contributed by atoms with Crippen molar-refractivity contribution in [1.82, 2.24) is 9.80 Å². The second-order valence-electron chi connectivity index (χ2n) is 7.08. The maximum absolute atomic E-state index is 12.7. The molecule has 3 aliphatic heterocycles. The Morgan fingerprint density at radius 2 is 2.04 bits per heavy atom. The molecule has 2 fully saturated rings. The summed E-state index contributed by atoms with van der Waals surface area (Å²) in [5.74, 6) is 0.296. The Kier molecular flexibility index (Phi) is 4.91. The van der Waals surface area contributed by atoms with E-state index in [1.54, 1.807) is 12.1 Å². The van der Waals surface area contributed by atoms with Crippen LogP contribution in [0.4, 0.5) is 16.2 Å². The minimum atomic E-state index is -0.216. The van der Waals surface area contributed by atoms with Crippen LogP contribution in [-0.4, -0.2) is 60.6 Å². The molecule has 3 amide bonds. The van der Waals surface area contributed by atoms with Crippen molar-refractivity contribution >= 4 is 34.9 Å². The second kappa shape index (κ2) is 7.32. The first-order valence-corrected chi connectivity index (χ1v) is 9.54.